The molecule has 0 aliphatic heterocycles. The predicted octanol–water partition coefficient (Wildman–Crippen LogP) is 4.20. The maximum Gasteiger partial charge on any atom is 0.193 e. The van der Waals surface area contributed by atoms with Gasteiger partial charge in [0.2, 0.25) is 0 Å². The third kappa shape index (κ3) is 11.7. The van der Waals surface area contributed by atoms with E-state index in [1.165, 1.54) is 12.8 Å². The highest BCUT2D eigenvalue weighted by Gasteiger charge is 2.06. The zero-order valence-corrected chi connectivity index (χ0v) is 19.3. The largest absolute Gasteiger partial charge is 0.357 e. The van der Waals surface area contributed by atoms with Crippen LogP contribution in [0.5, 0.6) is 0 Å². The number of hydrogen-bond donors (Lipinski definition) is 1. The molecule has 0 spiro atoms. The number of unbranched alkanes of at least 4 members (excludes halogenated alkanes) is 3. The Labute approximate surface area is 179 Å². The maximum atomic E-state index is 12.2. The molecule has 1 atom stereocenters. The van der Waals surface area contributed by atoms with Crippen LogP contribution >= 0.6 is 24.0 Å². The average molecular weight is 491 g/mol. The molecule has 1 rings (SSSR count). The van der Waals surface area contributed by atoms with Gasteiger partial charge in [0.1, 0.15) is 0 Å². The van der Waals surface area contributed by atoms with E-state index < -0.39 is 10.8 Å². The molecule has 0 aromatic heterocycles. The number of nitrogens with one attached hydrogen (secondary N) is 1. The van der Waals surface area contributed by atoms with Crippen LogP contribution in [0.25, 0.3) is 0 Å². The number of guanidine groups is 1. The van der Waals surface area contributed by atoms with E-state index in [1.54, 1.807) is 0 Å². The normalized spacial score (nSPS) is 12.2. The fourth-order valence-electron chi connectivity index (χ4n) is 2.48. The summed E-state index contributed by atoms with van der Waals surface area (Å²) in [5.41, 5.74) is 1.12. The molecule has 0 saturated carbocycles. The van der Waals surface area contributed by atoms with Crippen LogP contribution in [0.3, 0.4) is 0 Å². The topological polar surface area (TPSA) is 44.7 Å². The zero-order chi connectivity index (χ0) is 18.3. The van der Waals surface area contributed by atoms with Crippen molar-refractivity contribution >= 4 is 40.7 Å². The Balaban J connectivity index is 0.00000625. The summed E-state index contributed by atoms with van der Waals surface area (Å²) in [6.45, 7) is 8.23. The van der Waals surface area contributed by atoms with Gasteiger partial charge in [-0.05, 0) is 31.7 Å². The molecule has 26 heavy (non-hydrogen) atoms. The third-order valence-corrected chi connectivity index (χ3v) is 5.14. The van der Waals surface area contributed by atoms with Gasteiger partial charge in [0.25, 0.3) is 0 Å². The van der Waals surface area contributed by atoms with Crippen LogP contribution in [0.4, 0.5) is 0 Å². The fraction of sp³-hybridized carbons (Fsp3) is 0.550. The first-order chi connectivity index (χ1) is 12.2. The highest BCUT2D eigenvalue weighted by molar-refractivity contribution is 14.0. The van der Waals surface area contributed by atoms with Crippen molar-refractivity contribution in [1.82, 2.24) is 10.2 Å². The number of aliphatic imine (C=N–C) groups is 1. The van der Waals surface area contributed by atoms with Crippen LogP contribution < -0.4 is 5.32 Å². The standard InChI is InChI=1S/C20H33N3OS.HI/c1-4-6-7-8-12-16-23(3)20(21-5-2)22-15-17-25(24)18-19-13-10-9-11-14-19;/h4,9-11,13-14H,1,5-8,12,15-18H2,2-3H3,(H,21,22);1H. The Morgan fingerprint density at radius 3 is 2.65 bits per heavy atom. The third-order valence-electron chi connectivity index (χ3n) is 3.85. The molecule has 1 aromatic carbocycles. The van der Waals surface area contributed by atoms with E-state index in [4.69, 9.17) is 0 Å². The van der Waals surface area contributed by atoms with Crippen molar-refractivity contribution in [3.05, 3.63) is 48.6 Å². The Morgan fingerprint density at radius 2 is 2.00 bits per heavy atom. The molecule has 6 heteroatoms. The first-order valence-electron chi connectivity index (χ1n) is 9.16. The summed E-state index contributed by atoms with van der Waals surface area (Å²) in [7, 11) is 1.19. The lowest BCUT2D eigenvalue weighted by Crippen LogP contribution is -2.39. The molecule has 1 unspecified atom stereocenters. The van der Waals surface area contributed by atoms with Crippen LogP contribution in [0.2, 0.25) is 0 Å². The van der Waals surface area contributed by atoms with Crippen LogP contribution in [0, 0.1) is 0 Å². The lowest BCUT2D eigenvalue weighted by Gasteiger charge is -2.22. The van der Waals surface area contributed by atoms with Crippen molar-refractivity contribution in [2.24, 2.45) is 4.99 Å². The smallest absolute Gasteiger partial charge is 0.193 e. The van der Waals surface area contributed by atoms with Gasteiger partial charge in [-0.15, -0.1) is 30.6 Å². The zero-order valence-electron chi connectivity index (χ0n) is 16.2. The highest BCUT2D eigenvalue weighted by atomic mass is 127. The average Bonchev–Trinajstić information content (AvgIpc) is 2.61. The molecule has 0 heterocycles. The van der Waals surface area contributed by atoms with E-state index in [1.807, 2.05) is 36.4 Å². The van der Waals surface area contributed by atoms with Gasteiger partial charge in [-0.3, -0.25) is 9.20 Å². The van der Waals surface area contributed by atoms with E-state index in [0.717, 1.165) is 37.5 Å². The molecular weight excluding hydrogens is 457 g/mol. The van der Waals surface area contributed by atoms with E-state index in [0.29, 0.717) is 18.1 Å². The number of halogens is 1. The summed E-state index contributed by atoms with van der Waals surface area (Å²) in [4.78, 5) is 6.80. The Bertz CT molecular complexity index is 537. The fourth-order valence-corrected chi connectivity index (χ4v) is 3.48. The second kappa shape index (κ2) is 16.3. The molecule has 0 aliphatic rings. The predicted molar refractivity (Wildman–Crippen MR) is 126 cm³/mol. The Hall–Kier alpha value is -0.890. The van der Waals surface area contributed by atoms with Gasteiger partial charge in [0, 0.05) is 42.4 Å². The van der Waals surface area contributed by atoms with Gasteiger partial charge in [0.05, 0.1) is 6.54 Å². The second-order valence-corrected chi connectivity index (χ2v) is 7.65. The number of nitrogens with zero attached hydrogens (tertiary/aromatic N) is 2. The van der Waals surface area contributed by atoms with E-state index in [9.17, 15) is 4.21 Å². The van der Waals surface area contributed by atoms with Crippen LogP contribution in [-0.4, -0.2) is 47.5 Å². The summed E-state index contributed by atoms with van der Waals surface area (Å²) < 4.78 is 12.2. The molecule has 1 N–H and O–H groups in total. The lowest BCUT2D eigenvalue weighted by atomic mass is 10.2. The van der Waals surface area contributed by atoms with Gasteiger partial charge < -0.3 is 10.2 Å². The van der Waals surface area contributed by atoms with Crippen molar-refractivity contribution in [3.63, 3.8) is 0 Å². The van der Waals surface area contributed by atoms with Crippen LogP contribution in [0.1, 0.15) is 38.2 Å². The summed E-state index contributed by atoms with van der Waals surface area (Å²) in [6.07, 6.45) is 6.62. The minimum absolute atomic E-state index is 0. The van der Waals surface area contributed by atoms with Gasteiger partial charge in [-0.25, -0.2) is 0 Å². The monoisotopic (exact) mass is 491 g/mol. The Morgan fingerprint density at radius 1 is 1.27 bits per heavy atom. The van der Waals surface area contributed by atoms with E-state index >= 15 is 0 Å². The molecule has 4 nitrogen and oxygen atoms in total. The molecule has 0 bridgehead atoms. The number of rotatable bonds is 12. The lowest BCUT2D eigenvalue weighted by molar-refractivity contribution is 0.456. The SMILES string of the molecule is C=CCCCCCN(C)C(=NCCS(=O)Cc1ccccc1)NCC.I. The van der Waals surface area contributed by atoms with E-state index in [-0.39, 0.29) is 24.0 Å². The van der Waals surface area contributed by atoms with Gasteiger partial charge >= 0.3 is 0 Å². The first kappa shape index (κ1) is 25.1. The number of benzene rings is 1. The van der Waals surface area contributed by atoms with Gasteiger partial charge in [-0.2, -0.15) is 0 Å². The van der Waals surface area contributed by atoms with Gasteiger partial charge in [0.15, 0.2) is 5.96 Å². The number of hydrogen-bond acceptors (Lipinski definition) is 2. The summed E-state index contributed by atoms with van der Waals surface area (Å²) in [5.74, 6) is 2.10. The highest BCUT2D eigenvalue weighted by Crippen LogP contribution is 2.04. The molecule has 0 fully saturated rings. The molecule has 0 amide bonds. The van der Waals surface area contributed by atoms with Crippen LogP contribution in [-0.2, 0) is 16.6 Å². The molecule has 0 aliphatic carbocycles. The Kier molecular flexibility index (Phi) is 15.7. The minimum atomic E-state index is -0.877. The molecule has 148 valence electrons. The van der Waals surface area contributed by atoms with E-state index in [2.05, 4.69) is 35.8 Å². The van der Waals surface area contributed by atoms with Crippen molar-refractivity contribution in [1.29, 1.82) is 0 Å². The molecular formula is C20H34IN3OS. The van der Waals surface area contributed by atoms with Crippen molar-refractivity contribution in [3.8, 4) is 0 Å². The van der Waals surface area contributed by atoms with Crippen molar-refractivity contribution < 1.29 is 4.21 Å². The summed E-state index contributed by atoms with van der Waals surface area (Å²) in [5, 5.41) is 3.32. The van der Waals surface area contributed by atoms with Crippen molar-refractivity contribution in [2.75, 3.05) is 32.4 Å². The quantitative estimate of drug-likeness (QED) is 0.157. The summed E-state index contributed by atoms with van der Waals surface area (Å²) >= 11 is 0. The molecule has 0 radical (unpaired) electrons. The van der Waals surface area contributed by atoms with Crippen LogP contribution in [0.15, 0.2) is 48.0 Å². The minimum Gasteiger partial charge on any atom is -0.357 e. The first-order valence-corrected chi connectivity index (χ1v) is 10.7. The number of allylic oxidation sites excluding steroid dienone is 1. The second-order valence-electron chi connectivity index (χ2n) is 6.07. The summed E-state index contributed by atoms with van der Waals surface area (Å²) in [6, 6.07) is 9.99. The molecule has 0 saturated heterocycles. The molecule has 1 aromatic rings. The van der Waals surface area contributed by atoms with Crippen molar-refractivity contribution in [2.45, 2.75) is 38.4 Å². The van der Waals surface area contributed by atoms with Gasteiger partial charge in [-0.1, -0.05) is 42.8 Å². The maximum absolute atomic E-state index is 12.2.